The molecule has 0 radical (unpaired) electrons. The van der Waals surface area contributed by atoms with Crippen molar-refractivity contribution in [3.8, 4) is 5.75 Å². The van der Waals surface area contributed by atoms with Crippen molar-refractivity contribution in [3.05, 3.63) is 33.9 Å². The second-order valence-corrected chi connectivity index (χ2v) is 4.36. The molecule has 1 aromatic carbocycles. The highest BCUT2D eigenvalue weighted by molar-refractivity contribution is 6.29. The third-order valence-corrected chi connectivity index (χ3v) is 2.53. The van der Waals surface area contributed by atoms with Crippen molar-refractivity contribution in [1.29, 1.82) is 0 Å². The molecule has 0 atom stereocenters. The van der Waals surface area contributed by atoms with E-state index in [0.717, 1.165) is 0 Å². The summed E-state index contributed by atoms with van der Waals surface area (Å²) in [6, 6.07) is 2.69. The number of ether oxygens (including phenoxy) is 1. The van der Waals surface area contributed by atoms with Crippen LogP contribution in [0.2, 0.25) is 0 Å². The fraction of sp³-hybridized carbons (Fsp3) is 0.182. The van der Waals surface area contributed by atoms with Crippen LogP contribution in [0.25, 0.3) is 0 Å². The molecule has 2 N–H and O–H groups in total. The van der Waals surface area contributed by atoms with Gasteiger partial charge in [-0.05, 0) is 6.07 Å². The topological polar surface area (TPSA) is 93.5 Å². The highest BCUT2D eigenvalue weighted by Crippen LogP contribution is 2.37. The minimum atomic E-state index is -0.542. The van der Waals surface area contributed by atoms with Crippen LogP contribution in [0.1, 0.15) is 0 Å². The molecular weight excluding hydrogens is 274 g/mol. The molecule has 0 saturated carbocycles. The summed E-state index contributed by atoms with van der Waals surface area (Å²) in [7, 11) is 0. The standard InChI is InChI=1S/C11H10ClN3O4/c1-6(12)4-13-7-2-8-10(3-9(7)15(17)18)19-5-11(16)14-8/h2-3,13H,1,4-5H2,(H,14,16). The molecule has 1 aliphatic rings. The molecule has 0 fully saturated rings. The van der Waals surface area contributed by atoms with Crippen LogP contribution in [0.15, 0.2) is 23.7 Å². The van der Waals surface area contributed by atoms with Gasteiger partial charge >= 0.3 is 0 Å². The SMILES string of the molecule is C=C(Cl)CNc1cc2c(cc1[N+](=O)[O-])OCC(=O)N2. The quantitative estimate of drug-likeness (QED) is 0.652. The van der Waals surface area contributed by atoms with Crippen LogP contribution in [-0.4, -0.2) is 24.0 Å². The lowest BCUT2D eigenvalue weighted by Crippen LogP contribution is -2.25. The van der Waals surface area contributed by atoms with Gasteiger partial charge in [0.25, 0.3) is 11.6 Å². The molecule has 1 aromatic rings. The fourth-order valence-electron chi connectivity index (χ4n) is 1.60. The van der Waals surface area contributed by atoms with Gasteiger partial charge in [0, 0.05) is 5.03 Å². The number of nitrogens with one attached hydrogen (secondary N) is 2. The summed E-state index contributed by atoms with van der Waals surface area (Å²) in [5, 5.41) is 16.6. The molecule has 1 heterocycles. The summed E-state index contributed by atoms with van der Waals surface area (Å²) < 4.78 is 5.12. The highest BCUT2D eigenvalue weighted by Gasteiger charge is 2.23. The fourth-order valence-corrected chi connectivity index (χ4v) is 1.67. The third kappa shape index (κ3) is 2.94. The number of amides is 1. The first kappa shape index (κ1) is 13.2. The molecule has 0 aliphatic carbocycles. The van der Waals surface area contributed by atoms with Crippen LogP contribution >= 0.6 is 11.6 Å². The summed E-state index contributed by atoms with van der Waals surface area (Å²) >= 11 is 5.60. The Morgan fingerprint density at radius 3 is 3.00 bits per heavy atom. The number of halogens is 1. The summed E-state index contributed by atoms with van der Waals surface area (Å²) in [4.78, 5) is 21.6. The van der Waals surface area contributed by atoms with Crippen LogP contribution in [0.3, 0.4) is 0 Å². The van der Waals surface area contributed by atoms with Crippen LogP contribution in [-0.2, 0) is 4.79 Å². The van der Waals surface area contributed by atoms with Crippen molar-refractivity contribution < 1.29 is 14.5 Å². The average molecular weight is 284 g/mol. The molecule has 2 rings (SSSR count). The Labute approximate surface area is 113 Å². The lowest BCUT2D eigenvalue weighted by Gasteiger charge is -2.19. The largest absolute Gasteiger partial charge is 0.481 e. The van der Waals surface area contributed by atoms with Gasteiger partial charge < -0.3 is 15.4 Å². The van der Waals surface area contributed by atoms with Crippen molar-refractivity contribution >= 4 is 34.6 Å². The molecule has 19 heavy (non-hydrogen) atoms. The summed E-state index contributed by atoms with van der Waals surface area (Å²) in [6.45, 7) is 3.50. The number of hydrogen-bond donors (Lipinski definition) is 2. The van der Waals surface area contributed by atoms with E-state index in [1.165, 1.54) is 12.1 Å². The number of carbonyl (C=O) groups is 1. The summed E-state index contributed by atoms with van der Waals surface area (Å²) in [5.41, 5.74) is 0.453. The zero-order valence-electron chi connectivity index (χ0n) is 9.73. The van der Waals surface area contributed by atoms with E-state index in [9.17, 15) is 14.9 Å². The molecular formula is C11H10ClN3O4. The smallest absolute Gasteiger partial charge is 0.296 e. The van der Waals surface area contributed by atoms with E-state index in [1.54, 1.807) is 0 Å². The first-order valence-corrected chi connectivity index (χ1v) is 5.67. The van der Waals surface area contributed by atoms with Crippen molar-refractivity contribution in [1.82, 2.24) is 0 Å². The van der Waals surface area contributed by atoms with Gasteiger partial charge in [-0.25, -0.2) is 0 Å². The first-order valence-electron chi connectivity index (χ1n) is 5.29. The predicted molar refractivity (Wildman–Crippen MR) is 70.7 cm³/mol. The molecule has 1 amide bonds. The van der Waals surface area contributed by atoms with Crippen LogP contribution in [0, 0.1) is 10.1 Å². The van der Waals surface area contributed by atoms with E-state index in [-0.39, 0.29) is 36.2 Å². The van der Waals surface area contributed by atoms with Gasteiger partial charge in [0.1, 0.15) is 5.69 Å². The Bertz CT molecular complexity index is 573. The average Bonchev–Trinajstić information content (AvgIpc) is 2.34. The maximum atomic E-state index is 11.2. The van der Waals surface area contributed by atoms with E-state index in [1.807, 2.05) is 0 Å². The van der Waals surface area contributed by atoms with Gasteiger partial charge in [0.2, 0.25) is 0 Å². The minimum Gasteiger partial charge on any atom is -0.481 e. The molecule has 7 nitrogen and oxygen atoms in total. The van der Waals surface area contributed by atoms with Crippen LogP contribution < -0.4 is 15.4 Å². The van der Waals surface area contributed by atoms with E-state index < -0.39 is 4.92 Å². The number of nitrogens with zero attached hydrogens (tertiary/aromatic N) is 1. The maximum Gasteiger partial charge on any atom is 0.296 e. The highest BCUT2D eigenvalue weighted by atomic mass is 35.5. The lowest BCUT2D eigenvalue weighted by molar-refractivity contribution is -0.384. The normalized spacial score (nSPS) is 13.0. The second kappa shape index (κ2) is 5.15. The number of nitro groups is 1. The summed E-state index contributed by atoms with van der Waals surface area (Å²) in [6.07, 6.45) is 0. The Hall–Kier alpha value is -2.28. The monoisotopic (exact) mass is 283 g/mol. The zero-order valence-corrected chi connectivity index (χ0v) is 10.5. The van der Waals surface area contributed by atoms with Crippen LogP contribution in [0.5, 0.6) is 5.75 Å². The zero-order chi connectivity index (χ0) is 14.0. The molecule has 1 aliphatic heterocycles. The van der Waals surface area contributed by atoms with Gasteiger partial charge in [-0.3, -0.25) is 14.9 Å². The van der Waals surface area contributed by atoms with Gasteiger partial charge in [-0.15, -0.1) is 0 Å². The number of hydrogen-bond acceptors (Lipinski definition) is 5. The van der Waals surface area contributed by atoms with Crippen molar-refractivity contribution in [3.63, 3.8) is 0 Å². The van der Waals surface area contributed by atoms with E-state index in [2.05, 4.69) is 17.2 Å². The van der Waals surface area contributed by atoms with E-state index in [4.69, 9.17) is 16.3 Å². The van der Waals surface area contributed by atoms with Crippen molar-refractivity contribution in [2.45, 2.75) is 0 Å². The Kier molecular flexibility index (Phi) is 3.57. The molecule has 0 aromatic heterocycles. The number of nitro benzene ring substituents is 1. The Balaban J connectivity index is 2.39. The third-order valence-electron chi connectivity index (χ3n) is 2.40. The first-order chi connectivity index (χ1) is 8.97. The van der Waals surface area contributed by atoms with Gasteiger partial charge in [-0.1, -0.05) is 18.2 Å². The Morgan fingerprint density at radius 1 is 1.63 bits per heavy atom. The van der Waals surface area contributed by atoms with Gasteiger partial charge in [0.05, 0.1) is 23.2 Å². The minimum absolute atomic E-state index is 0.157. The number of rotatable bonds is 4. The van der Waals surface area contributed by atoms with E-state index in [0.29, 0.717) is 10.7 Å². The van der Waals surface area contributed by atoms with Crippen molar-refractivity contribution in [2.75, 3.05) is 23.8 Å². The van der Waals surface area contributed by atoms with Gasteiger partial charge in [-0.2, -0.15) is 0 Å². The lowest BCUT2D eigenvalue weighted by atomic mass is 10.2. The molecule has 0 saturated heterocycles. The second-order valence-electron chi connectivity index (χ2n) is 3.83. The summed E-state index contributed by atoms with van der Waals surface area (Å²) in [5.74, 6) is -0.0457. The number of benzene rings is 1. The molecule has 0 spiro atoms. The predicted octanol–water partition coefficient (Wildman–Crippen LogP) is 2.09. The van der Waals surface area contributed by atoms with Crippen LogP contribution in [0.4, 0.5) is 17.1 Å². The maximum absolute atomic E-state index is 11.2. The number of carbonyl (C=O) groups excluding carboxylic acids is 1. The Morgan fingerprint density at radius 2 is 2.37 bits per heavy atom. The van der Waals surface area contributed by atoms with Crippen molar-refractivity contribution in [2.24, 2.45) is 0 Å². The molecule has 0 unspecified atom stereocenters. The van der Waals surface area contributed by atoms with Gasteiger partial charge in [0.15, 0.2) is 12.4 Å². The molecule has 8 heteroatoms. The molecule has 0 bridgehead atoms. The van der Waals surface area contributed by atoms with E-state index >= 15 is 0 Å². The number of anilines is 2. The number of fused-ring (bicyclic) bond motifs is 1. The molecule has 100 valence electrons.